The largest absolute Gasteiger partial charge is 0.497 e. The van der Waals surface area contributed by atoms with Crippen LogP contribution in [0.3, 0.4) is 0 Å². The third-order valence-corrected chi connectivity index (χ3v) is 6.54. The standard InChI is InChI=1S/C26H19FN4O5/c1-35-16-7-6-14-12-31(23(32)18(14)10-16)13-26(24(33)29-25(34)30-26)22-9-15-8-20(28-11-21(15)36-22)17-4-2-3-5-19(17)27/h2-11H,12-13H2,1H3,(H2,29,30,33,34). The topological polar surface area (TPSA) is 114 Å². The van der Waals surface area contributed by atoms with Gasteiger partial charge in [0.05, 0.1) is 25.5 Å². The van der Waals surface area contributed by atoms with E-state index < -0.39 is 23.3 Å². The highest BCUT2D eigenvalue weighted by Crippen LogP contribution is 2.35. The van der Waals surface area contributed by atoms with Gasteiger partial charge in [-0.3, -0.25) is 19.9 Å². The molecule has 1 atom stereocenters. The molecule has 9 nitrogen and oxygen atoms in total. The molecule has 1 fully saturated rings. The molecule has 36 heavy (non-hydrogen) atoms. The van der Waals surface area contributed by atoms with Gasteiger partial charge >= 0.3 is 6.03 Å². The monoisotopic (exact) mass is 486 g/mol. The van der Waals surface area contributed by atoms with Gasteiger partial charge in [-0.05, 0) is 42.0 Å². The Hall–Kier alpha value is -4.73. The summed E-state index contributed by atoms with van der Waals surface area (Å²) in [5.41, 5.74) is 0.650. The van der Waals surface area contributed by atoms with Crippen molar-refractivity contribution >= 4 is 28.8 Å². The van der Waals surface area contributed by atoms with Gasteiger partial charge in [0.2, 0.25) is 0 Å². The number of fused-ring (bicyclic) bond motifs is 2. The smallest absolute Gasteiger partial charge is 0.322 e. The van der Waals surface area contributed by atoms with Crippen LogP contribution in [0.25, 0.3) is 22.2 Å². The molecule has 0 aliphatic carbocycles. The third-order valence-electron chi connectivity index (χ3n) is 6.54. The van der Waals surface area contributed by atoms with Gasteiger partial charge in [-0.2, -0.15) is 0 Å². The van der Waals surface area contributed by atoms with Crippen molar-refractivity contribution in [1.29, 1.82) is 0 Å². The molecule has 6 rings (SSSR count). The molecular weight excluding hydrogens is 467 g/mol. The number of aromatic nitrogens is 1. The van der Waals surface area contributed by atoms with Crippen LogP contribution < -0.4 is 15.4 Å². The van der Waals surface area contributed by atoms with E-state index in [1.807, 2.05) is 0 Å². The van der Waals surface area contributed by atoms with Crippen LogP contribution in [0, 0.1) is 5.82 Å². The van der Waals surface area contributed by atoms with E-state index in [9.17, 15) is 18.8 Å². The zero-order chi connectivity index (χ0) is 25.0. The molecule has 2 aromatic heterocycles. The van der Waals surface area contributed by atoms with E-state index in [1.165, 1.54) is 24.3 Å². The number of carbonyl (C=O) groups is 3. The first kappa shape index (κ1) is 21.8. The Bertz CT molecular complexity index is 1580. The number of furan rings is 1. The fourth-order valence-electron chi connectivity index (χ4n) is 4.71. The molecule has 1 saturated heterocycles. The van der Waals surface area contributed by atoms with Gasteiger partial charge in [-0.1, -0.05) is 18.2 Å². The maximum Gasteiger partial charge on any atom is 0.322 e. The van der Waals surface area contributed by atoms with Crippen molar-refractivity contribution in [3.05, 3.63) is 83.5 Å². The minimum absolute atomic E-state index is 0.134. The lowest BCUT2D eigenvalue weighted by Gasteiger charge is -2.29. The Balaban J connectivity index is 1.39. The van der Waals surface area contributed by atoms with Gasteiger partial charge in [0.1, 0.15) is 17.3 Å². The number of imide groups is 1. The number of urea groups is 1. The second-order valence-corrected chi connectivity index (χ2v) is 8.70. The number of halogens is 1. The summed E-state index contributed by atoms with van der Waals surface area (Å²) in [4.78, 5) is 44.3. The van der Waals surface area contributed by atoms with E-state index in [4.69, 9.17) is 9.15 Å². The van der Waals surface area contributed by atoms with Crippen molar-refractivity contribution in [3.63, 3.8) is 0 Å². The van der Waals surface area contributed by atoms with Crippen LogP contribution in [-0.4, -0.2) is 41.4 Å². The van der Waals surface area contributed by atoms with E-state index in [0.717, 1.165) is 5.56 Å². The molecule has 180 valence electrons. The van der Waals surface area contributed by atoms with Crippen molar-refractivity contribution in [2.45, 2.75) is 12.1 Å². The number of hydrogen-bond acceptors (Lipinski definition) is 6. The Morgan fingerprint density at radius 1 is 1.11 bits per heavy atom. The normalized spacial score (nSPS) is 18.9. The lowest BCUT2D eigenvalue weighted by Crippen LogP contribution is -2.52. The molecule has 0 saturated carbocycles. The summed E-state index contributed by atoms with van der Waals surface area (Å²) in [6, 6.07) is 14.0. The molecule has 10 heteroatoms. The SMILES string of the molecule is COc1ccc2c(c1)C(=O)N(CC1(c3cc4cc(-c5ccccc5F)ncc4o3)NC(=O)NC1=O)C2. The van der Waals surface area contributed by atoms with E-state index in [0.29, 0.717) is 33.5 Å². The van der Waals surface area contributed by atoms with E-state index in [-0.39, 0.29) is 24.8 Å². The average Bonchev–Trinajstić information content (AvgIpc) is 3.52. The first-order valence-electron chi connectivity index (χ1n) is 11.1. The number of rotatable bonds is 5. The molecule has 2 aromatic carbocycles. The summed E-state index contributed by atoms with van der Waals surface area (Å²) >= 11 is 0. The third kappa shape index (κ3) is 3.29. The maximum atomic E-state index is 14.3. The molecule has 0 radical (unpaired) electrons. The van der Waals surface area contributed by atoms with Gasteiger partial charge in [-0.25, -0.2) is 9.18 Å². The molecule has 1 unspecified atom stereocenters. The number of ether oxygens (including phenoxy) is 1. The van der Waals surface area contributed by atoms with Crippen LogP contribution in [0.15, 0.2) is 65.2 Å². The van der Waals surface area contributed by atoms with Crippen molar-refractivity contribution in [1.82, 2.24) is 20.5 Å². The molecule has 0 spiro atoms. The molecule has 2 aliphatic rings. The molecule has 4 aromatic rings. The van der Waals surface area contributed by atoms with Gasteiger partial charge in [-0.15, -0.1) is 0 Å². The number of nitrogens with one attached hydrogen (secondary N) is 2. The average molecular weight is 486 g/mol. The Kier molecular flexibility index (Phi) is 4.78. The lowest BCUT2D eigenvalue weighted by molar-refractivity contribution is -0.125. The maximum absolute atomic E-state index is 14.3. The number of carbonyl (C=O) groups excluding carboxylic acids is 3. The van der Waals surface area contributed by atoms with Gasteiger partial charge < -0.3 is 19.4 Å². The summed E-state index contributed by atoms with van der Waals surface area (Å²) in [6.07, 6.45) is 1.44. The minimum atomic E-state index is -1.66. The predicted octanol–water partition coefficient (Wildman–Crippen LogP) is 3.33. The Labute approximate surface area is 203 Å². The number of benzene rings is 2. The number of hydrogen-bond donors (Lipinski definition) is 2. The first-order valence-corrected chi connectivity index (χ1v) is 11.1. The van der Waals surface area contributed by atoms with Crippen molar-refractivity contribution in [2.24, 2.45) is 0 Å². The zero-order valence-corrected chi connectivity index (χ0v) is 19.0. The zero-order valence-electron chi connectivity index (χ0n) is 19.0. The Morgan fingerprint density at radius 2 is 1.94 bits per heavy atom. The molecule has 2 N–H and O–H groups in total. The fraction of sp³-hybridized carbons (Fsp3) is 0.154. The second kappa shape index (κ2) is 7.91. The summed E-state index contributed by atoms with van der Waals surface area (Å²) in [5, 5.41) is 5.47. The number of methoxy groups -OCH3 is 1. The minimum Gasteiger partial charge on any atom is -0.497 e. The van der Waals surface area contributed by atoms with Crippen LogP contribution in [0.2, 0.25) is 0 Å². The quantitative estimate of drug-likeness (QED) is 0.419. The number of nitrogens with zero attached hydrogens (tertiary/aromatic N) is 2. The van der Waals surface area contributed by atoms with E-state index >= 15 is 0 Å². The summed E-state index contributed by atoms with van der Waals surface area (Å²) < 4.78 is 25.5. The first-order chi connectivity index (χ1) is 17.4. The van der Waals surface area contributed by atoms with Crippen LogP contribution >= 0.6 is 0 Å². The van der Waals surface area contributed by atoms with Crippen LogP contribution in [0.5, 0.6) is 5.75 Å². The highest BCUT2D eigenvalue weighted by atomic mass is 19.1. The highest BCUT2D eigenvalue weighted by molar-refractivity contribution is 6.08. The van der Waals surface area contributed by atoms with Crippen LogP contribution in [0.1, 0.15) is 21.7 Å². The predicted molar refractivity (Wildman–Crippen MR) is 125 cm³/mol. The highest BCUT2D eigenvalue weighted by Gasteiger charge is 2.53. The summed E-state index contributed by atoms with van der Waals surface area (Å²) in [5.74, 6) is -0.682. The van der Waals surface area contributed by atoms with Crippen molar-refractivity contribution in [2.75, 3.05) is 13.7 Å². The fourth-order valence-corrected chi connectivity index (χ4v) is 4.71. The van der Waals surface area contributed by atoms with E-state index in [2.05, 4.69) is 15.6 Å². The molecular formula is C26H19FN4O5. The molecule has 4 amide bonds. The number of pyridine rings is 1. The molecule has 2 aliphatic heterocycles. The van der Waals surface area contributed by atoms with Crippen LogP contribution in [0.4, 0.5) is 9.18 Å². The Morgan fingerprint density at radius 3 is 2.69 bits per heavy atom. The van der Waals surface area contributed by atoms with Crippen molar-refractivity contribution in [3.8, 4) is 17.0 Å². The number of amides is 4. The van der Waals surface area contributed by atoms with E-state index in [1.54, 1.807) is 48.5 Å². The second-order valence-electron chi connectivity index (χ2n) is 8.70. The molecule has 4 heterocycles. The summed E-state index contributed by atoms with van der Waals surface area (Å²) in [6.45, 7) is 0.0934. The van der Waals surface area contributed by atoms with Crippen molar-refractivity contribution < 1.29 is 27.9 Å². The summed E-state index contributed by atoms with van der Waals surface area (Å²) in [7, 11) is 1.51. The van der Waals surface area contributed by atoms with Gasteiger partial charge in [0, 0.05) is 23.1 Å². The van der Waals surface area contributed by atoms with Crippen LogP contribution in [-0.2, 0) is 16.9 Å². The molecule has 0 bridgehead atoms. The lowest BCUT2D eigenvalue weighted by atomic mass is 9.95. The van der Waals surface area contributed by atoms with Gasteiger partial charge in [0.15, 0.2) is 11.1 Å². The van der Waals surface area contributed by atoms with Gasteiger partial charge in [0.25, 0.3) is 11.8 Å².